The quantitative estimate of drug-likeness (QED) is 0.675. The lowest BCUT2D eigenvalue weighted by atomic mass is 10.1. The second kappa shape index (κ2) is 4.20. The predicted octanol–water partition coefficient (Wildman–Crippen LogP) is 2.92. The number of nitrogens with zero attached hydrogens (tertiary/aromatic N) is 3. The normalized spacial score (nSPS) is 11.1. The molecule has 0 bridgehead atoms. The smallest absolute Gasteiger partial charge is 0.258 e. The Bertz CT molecular complexity index is 788. The van der Waals surface area contributed by atoms with Gasteiger partial charge in [0, 0.05) is 12.6 Å². The van der Waals surface area contributed by atoms with E-state index in [2.05, 4.69) is 10.1 Å². The standard InChI is InChI=1S/C13H10ClN3O2/c1-7-11(13(14)18)12(16-19-7)8-3-4-10-9(5-8)15-6-17(10)2/h3-6H,1-2H3. The Morgan fingerprint density at radius 2 is 2.21 bits per heavy atom. The highest BCUT2D eigenvalue weighted by atomic mass is 35.5. The minimum atomic E-state index is -0.574. The molecule has 2 aromatic heterocycles. The summed E-state index contributed by atoms with van der Waals surface area (Å²) in [6, 6.07) is 5.64. The topological polar surface area (TPSA) is 60.9 Å². The molecule has 19 heavy (non-hydrogen) atoms. The number of aromatic nitrogens is 3. The Hall–Kier alpha value is -2.14. The van der Waals surface area contributed by atoms with Crippen molar-refractivity contribution in [1.82, 2.24) is 14.7 Å². The fourth-order valence-corrected chi connectivity index (χ4v) is 2.31. The van der Waals surface area contributed by atoms with Crippen LogP contribution in [-0.2, 0) is 7.05 Å². The van der Waals surface area contributed by atoms with E-state index in [1.807, 2.05) is 29.8 Å². The Morgan fingerprint density at radius 3 is 2.95 bits per heavy atom. The minimum Gasteiger partial charge on any atom is -0.360 e. The molecule has 0 atom stereocenters. The van der Waals surface area contributed by atoms with Crippen LogP contribution in [0, 0.1) is 6.92 Å². The average molecular weight is 276 g/mol. The minimum absolute atomic E-state index is 0.303. The van der Waals surface area contributed by atoms with E-state index in [0.717, 1.165) is 16.6 Å². The van der Waals surface area contributed by atoms with Gasteiger partial charge in [0.05, 0.1) is 17.4 Å². The van der Waals surface area contributed by atoms with Crippen LogP contribution in [0.15, 0.2) is 29.0 Å². The van der Waals surface area contributed by atoms with Gasteiger partial charge in [-0.2, -0.15) is 0 Å². The number of fused-ring (bicyclic) bond motifs is 1. The number of rotatable bonds is 2. The largest absolute Gasteiger partial charge is 0.360 e. The van der Waals surface area contributed by atoms with Crippen molar-refractivity contribution in [3.05, 3.63) is 35.9 Å². The first kappa shape index (κ1) is 11.9. The summed E-state index contributed by atoms with van der Waals surface area (Å²) in [7, 11) is 1.92. The number of hydrogen-bond acceptors (Lipinski definition) is 4. The van der Waals surface area contributed by atoms with Crippen LogP contribution in [0.1, 0.15) is 16.1 Å². The molecule has 3 rings (SSSR count). The molecule has 0 spiro atoms. The monoisotopic (exact) mass is 275 g/mol. The lowest BCUT2D eigenvalue weighted by Crippen LogP contribution is -1.93. The van der Waals surface area contributed by atoms with Crippen molar-refractivity contribution in [2.75, 3.05) is 0 Å². The molecule has 3 aromatic rings. The van der Waals surface area contributed by atoms with Crippen molar-refractivity contribution in [3.63, 3.8) is 0 Å². The molecule has 0 fully saturated rings. The maximum absolute atomic E-state index is 11.4. The second-order valence-electron chi connectivity index (χ2n) is 4.30. The number of hydrogen-bond donors (Lipinski definition) is 0. The lowest BCUT2D eigenvalue weighted by molar-refractivity contribution is 0.108. The molecular weight excluding hydrogens is 266 g/mol. The van der Waals surface area contributed by atoms with Crippen molar-refractivity contribution < 1.29 is 9.32 Å². The zero-order valence-corrected chi connectivity index (χ0v) is 11.1. The van der Waals surface area contributed by atoms with E-state index in [9.17, 15) is 4.79 Å². The van der Waals surface area contributed by atoms with Crippen LogP contribution < -0.4 is 0 Å². The highest BCUT2D eigenvalue weighted by Crippen LogP contribution is 2.28. The van der Waals surface area contributed by atoms with E-state index < -0.39 is 5.24 Å². The molecule has 0 aliphatic heterocycles. The molecule has 0 N–H and O–H groups in total. The summed E-state index contributed by atoms with van der Waals surface area (Å²) >= 11 is 5.57. The van der Waals surface area contributed by atoms with Crippen LogP contribution in [0.5, 0.6) is 0 Å². The van der Waals surface area contributed by atoms with E-state index in [-0.39, 0.29) is 0 Å². The Morgan fingerprint density at radius 1 is 1.42 bits per heavy atom. The van der Waals surface area contributed by atoms with Gasteiger partial charge in [-0.25, -0.2) is 4.98 Å². The maximum atomic E-state index is 11.4. The number of aryl methyl sites for hydroxylation is 2. The van der Waals surface area contributed by atoms with Crippen LogP contribution in [-0.4, -0.2) is 20.0 Å². The average Bonchev–Trinajstić information content (AvgIpc) is 2.93. The van der Waals surface area contributed by atoms with Gasteiger partial charge < -0.3 is 9.09 Å². The van der Waals surface area contributed by atoms with Crippen molar-refractivity contribution in [1.29, 1.82) is 0 Å². The van der Waals surface area contributed by atoms with Gasteiger partial charge in [-0.3, -0.25) is 4.79 Å². The summed E-state index contributed by atoms with van der Waals surface area (Å²) in [4.78, 5) is 15.7. The Balaban J connectivity index is 2.22. The summed E-state index contributed by atoms with van der Waals surface area (Å²) in [6.45, 7) is 1.66. The van der Waals surface area contributed by atoms with Gasteiger partial charge in [0.25, 0.3) is 5.24 Å². The van der Waals surface area contributed by atoms with Gasteiger partial charge >= 0.3 is 0 Å². The first-order valence-electron chi connectivity index (χ1n) is 5.65. The first-order valence-corrected chi connectivity index (χ1v) is 6.03. The highest BCUT2D eigenvalue weighted by Gasteiger charge is 2.20. The molecule has 0 aliphatic carbocycles. The highest BCUT2D eigenvalue weighted by molar-refractivity contribution is 6.68. The SMILES string of the molecule is Cc1onc(-c2ccc3c(c2)ncn3C)c1C(=O)Cl. The number of carbonyl (C=O) groups excluding carboxylic acids is 1. The third-order valence-corrected chi connectivity index (χ3v) is 3.25. The molecular formula is C13H10ClN3O2. The van der Waals surface area contributed by atoms with Crippen molar-refractivity contribution in [2.45, 2.75) is 6.92 Å². The molecule has 1 aromatic carbocycles. The van der Waals surface area contributed by atoms with Crippen molar-refractivity contribution >= 4 is 27.9 Å². The molecule has 0 radical (unpaired) electrons. The molecule has 2 heterocycles. The summed E-state index contributed by atoms with van der Waals surface area (Å²) in [5.41, 5.74) is 3.34. The molecule has 0 amide bonds. The fraction of sp³-hybridized carbons (Fsp3) is 0.154. The van der Waals surface area contributed by atoms with Gasteiger partial charge in [0.1, 0.15) is 17.0 Å². The van der Waals surface area contributed by atoms with Gasteiger partial charge in [0.15, 0.2) is 0 Å². The summed E-state index contributed by atoms with van der Waals surface area (Å²) in [6.07, 6.45) is 1.73. The molecule has 5 nitrogen and oxygen atoms in total. The maximum Gasteiger partial charge on any atom is 0.258 e. The Kier molecular flexibility index (Phi) is 2.64. The van der Waals surface area contributed by atoms with E-state index >= 15 is 0 Å². The zero-order valence-electron chi connectivity index (χ0n) is 10.3. The molecule has 6 heteroatoms. The van der Waals surface area contributed by atoms with Crippen LogP contribution in [0.3, 0.4) is 0 Å². The van der Waals surface area contributed by atoms with E-state index in [1.54, 1.807) is 13.3 Å². The number of halogens is 1. The molecule has 0 saturated heterocycles. The van der Waals surface area contributed by atoms with Gasteiger partial charge in [0.2, 0.25) is 0 Å². The Labute approximate surface area is 113 Å². The van der Waals surface area contributed by atoms with Crippen LogP contribution in [0.4, 0.5) is 0 Å². The third kappa shape index (κ3) is 1.82. The predicted molar refractivity (Wildman–Crippen MR) is 71.1 cm³/mol. The first-order chi connectivity index (χ1) is 9.08. The van der Waals surface area contributed by atoms with Gasteiger partial charge in [-0.05, 0) is 30.7 Å². The number of carbonyl (C=O) groups is 1. The summed E-state index contributed by atoms with van der Waals surface area (Å²) < 4.78 is 6.97. The van der Waals surface area contributed by atoms with Crippen molar-refractivity contribution in [3.8, 4) is 11.3 Å². The van der Waals surface area contributed by atoms with Crippen LogP contribution in [0.2, 0.25) is 0 Å². The summed E-state index contributed by atoms with van der Waals surface area (Å²) in [5.74, 6) is 0.413. The number of benzene rings is 1. The fourth-order valence-electron chi connectivity index (χ4n) is 2.08. The zero-order chi connectivity index (χ0) is 13.6. The van der Waals surface area contributed by atoms with Gasteiger partial charge in [-0.1, -0.05) is 11.2 Å². The molecule has 0 aliphatic rings. The van der Waals surface area contributed by atoms with Crippen LogP contribution in [0.25, 0.3) is 22.3 Å². The summed E-state index contributed by atoms with van der Waals surface area (Å²) in [5, 5.41) is 3.33. The van der Waals surface area contributed by atoms with Crippen LogP contribution >= 0.6 is 11.6 Å². The second-order valence-corrected chi connectivity index (χ2v) is 4.64. The third-order valence-electron chi connectivity index (χ3n) is 3.06. The van der Waals surface area contributed by atoms with Gasteiger partial charge in [-0.15, -0.1) is 0 Å². The molecule has 0 saturated carbocycles. The lowest BCUT2D eigenvalue weighted by Gasteiger charge is -1.99. The molecule has 0 unspecified atom stereocenters. The van der Waals surface area contributed by atoms with E-state index in [4.69, 9.17) is 16.1 Å². The van der Waals surface area contributed by atoms with E-state index in [0.29, 0.717) is 17.0 Å². The van der Waals surface area contributed by atoms with E-state index in [1.165, 1.54) is 0 Å². The molecule has 96 valence electrons. The van der Waals surface area contributed by atoms with Crippen molar-refractivity contribution in [2.24, 2.45) is 7.05 Å². The number of imidazole rings is 1.